The van der Waals surface area contributed by atoms with Crippen LogP contribution in [0, 0.1) is 11.2 Å². The van der Waals surface area contributed by atoms with Gasteiger partial charge >= 0.3 is 18.0 Å². The van der Waals surface area contributed by atoms with Gasteiger partial charge in [0.25, 0.3) is 11.8 Å². The van der Waals surface area contributed by atoms with Crippen molar-refractivity contribution < 1.29 is 85.5 Å². The minimum Gasteiger partial charge on any atom is -0.493 e. The first-order chi connectivity index (χ1) is 43.4. The lowest BCUT2D eigenvalue weighted by Gasteiger charge is -2.36. The van der Waals surface area contributed by atoms with Gasteiger partial charge in [-0.05, 0) is 112 Å². The van der Waals surface area contributed by atoms with E-state index in [4.69, 9.17) is 33.2 Å². The van der Waals surface area contributed by atoms with Crippen LogP contribution in [-0.2, 0) is 76.6 Å². The number of methoxy groups -OCH3 is 2. The fraction of sp³-hybridized carbons (Fsp3) is 0.455. The van der Waals surface area contributed by atoms with Gasteiger partial charge in [0.2, 0.25) is 29.4 Å². The molecule has 24 nitrogen and oxygen atoms in total. The molecule has 6 rings (SSSR count). The van der Waals surface area contributed by atoms with E-state index in [0.717, 1.165) is 38.5 Å². The number of aryl methyl sites for hydroxylation is 1. The smallest absolute Gasteiger partial charge is 0.415 e. The molecule has 2 fully saturated rings. The molecule has 0 radical (unpaired) electrons. The predicted molar refractivity (Wildman–Crippen MR) is 329 cm³/mol. The Bertz CT molecular complexity index is 3230. The summed E-state index contributed by atoms with van der Waals surface area (Å²) in [5.74, 6) is -6.66. The maximum atomic E-state index is 16.0. The number of Topliss-reactive ketones (excluding diaryl/α,β-unsaturated/α-hetero) is 1. The standard InChI is InChI=1S/C66H82FN7O17/c1-10-59(78)89-42-66(3,4)60(79)63(82)74-28-16-15-19-51(74)64(83)91-53(26-22-45-23-27-54(85-8)55(35-45)86-9)46-36-47(67)38-49(37-46)88-41-58(77)72(7)52(34-44-20-24-48(25-21-44)90-65(84)73-29-31-87-32-30-73)61(80)69-50(33-43-17-13-12-14-18-43)62(81)71(6)40-56(75)68-39-57(76)70(5)11-2/h10,12-14,17-18,20-21,23-25,27,35-38,50-53H,1,11,15-16,19,22,26,28-34,39-42H2,2-9H3,(H,68,75)(H,69,80)/t50-,51+,52+,53-/m1/s1. The molecule has 0 spiro atoms. The molecule has 2 heterocycles. The number of likely N-dealkylation sites (N-methyl/N-ethyl adjacent to an activating group) is 3. The zero-order valence-electron chi connectivity index (χ0n) is 52.8. The van der Waals surface area contributed by atoms with Crippen molar-refractivity contribution in [1.29, 1.82) is 0 Å². The van der Waals surface area contributed by atoms with Crippen LogP contribution in [0.4, 0.5) is 9.18 Å². The number of halogens is 1. The van der Waals surface area contributed by atoms with Gasteiger partial charge in [-0.1, -0.05) is 55.1 Å². The molecule has 25 heteroatoms. The number of morpholine rings is 1. The monoisotopic (exact) mass is 1260 g/mol. The summed E-state index contributed by atoms with van der Waals surface area (Å²) in [5.41, 5.74) is 0.505. The second-order valence-corrected chi connectivity index (χ2v) is 22.7. The summed E-state index contributed by atoms with van der Waals surface area (Å²) in [7, 11) is 7.27. The largest absolute Gasteiger partial charge is 0.493 e. The van der Waals surface area contributed by atoms with E-state index in [1.54, 1.807) is 74.6 Å². The third-order valence-electron chi connectivity index (χ3n) is 15.6. The number of ether oxygens (including phenoxy) is 7. The SMILES string of the molecule is C=CC(=O)OCC(C)(C)C(=O)C(=O)N1CCCC[C@H]1C(=O)O[C@H](CCc1ccc(OC)c(OC)c1)c1cc(F)cc(OCC(=O)N(C)[C@@H](Cc2ccc(OC(=O)N3CCOCC3)cc2)C(=O)N[C@H](Cc2ccccc2)C(=O)N(C)CC(=O)NCC(=O)N(C)CC)c1. The Kier molecular flexibility index (Phi) is 26.4. The number of likely N-dealkylation sites (tertiary alicyclic amines) is 1. The lowest BCUT2D eigenvalue weighted by molar-refractivity contribution is -0.165. The molecule has 0 saturated carbocycles. The molecule has 0 aromatic heterocycles. The molecule has 2 aliphatic heterocycles. The van der Waals surface area contributed by atoms with Crippen LogP contribution in [0.2, 0.25) is 0 Å². The Morgan fingerprint density at radius 1 is 0.791 bits per heavy atom. The van der Waals surface area contributed by atoms with E-state index in [9.17, 15) is 47.9 Å². The van der Waals surface area contributed by atoms with Crippen LogP contribution in [-0.4, -0.2) is 203 Å². The molecule has 4 aromatic rings. The van der Waals surface area contributed by atoms with Crippen LogP contribution in [0.1, 0.15) is 74.8 Å². The van der Waals surface area contributed by atoms with Crippen LogP contribution in [0.15, 0.2) is 104 Å². The average Bonchev–Trinajstić information content (AvgIpc) is 1.62. The van der Waals surface area contributed by atoms with Gasteiger partial charge in [0, 0.05) is 72.3 Å². The molecule has 0 unspecified atom stereocenters. The number of piperidine rings is 1. The molecule has 2 N–H and O–H groups in total. The first-order valence-electron chi connectivity index (χ1n) is 29.9. The number of hydrogen-bond acceptors (Lipinski definition) is 17. The van der Waals surface area contributed by atoms with Crippen molar-refractivity contribution in [2.24, 2.45) is 5.41 Å². The minimum absolute atomic E-state index is 0.0357. The minimum atomic E-state index is -1.47. The number of amides is 7. The number of nitrogens with one attached hydrogen (secondary N) is 2. The fourth-order valence-corrected chi connectivity index (χ4v) is 9.99. The summed E-state index contributed by atoms with van der Waals surface area (Å²) in [6, 6.07) is 19.9. The molecule has 4 atom stereocenters. The molecule has 0 aliphatic carbocycles. The van der Waals surface area contributed by atoms with Crippen molar-refractivity contribution in [3.63, 3.8) is 0 Å². The van der Waals surface area contributed by atoms with Crippen LogP contribution in [0.5, 0.6) is 23.0 Å². The van der Waals surface area contributed by atoms with Gasteiger partial charge in [-0.2, -0.15) is 0 Å². The number of hydrogen-bond donors (Lipinski definition) is 2. The second-order valence-electron chi connectivity index (χ2n) is 22.7. The van der Waals surface area contributed by atoms with Crippen molar-refractivity contribution in [3.8, 4) is 23.0 Å². The van der Waals surface area contributed by atoms with Gasteiger partial charge in [-0.3, -0.25) is 33.6 Å². The highest BCUT2D eigenvalue weighted by molar-refractivity contribution is 6.38. The Balaban J connectivity index is 1.27. The van der Waals surface area contributed by atoms with E-state index in [2.05, 4.69) is 17.2 Å². The Labute approximate surface area is 529 Å². The molecule has 490 valence electrons. The third kappa shape index (κ3) is 20.6. The number of esters is 2. The molecule has 0 bridgehead atoms. The van der Waals surface area contributed by atoms with Crippen molar-refractivity contribution >= 4 is 59.3 Å². The molecule has 4 aromatic carbocycles. The average molecular weight is 1260 g/mol. The highest BCUT2D eigenvalue weighted by Crippen LogP contribution is 2.34. The lowest BCUT2D eigenvalue weighted by atomic mass is 9.87. The summed E-state index contributed by atoms with van der Waals surface area (Å²) >= 11 is 0. The molecule has 2 aliphatic rings. The molecular weight excluding hydrogens is 1180 g/mol. The van der Waals surface area contributed by atoms with Crippen LogP contribution in [0.3, 0.4) is 0 Å². The highest BCUT2D eigenvalue weighted by atomic mass is 19.1. The summed E-state index contributed by atoms with van der Waals surface area (Å²) in [5, 5.41) is 5.35. The van der Waals surface area contributed by atoms with Crippen LogP contribution >= 0.6 is 0 Å². The number of carbonyl (C=O) groups excluding carboxylic acids is 10. The van der Waals surface area contributed by atoms with Crippen molar-refractivity contribution in [3.05, 3.63) is 132 Å². The van der Waals surface area contributed by atoms with Gasteiger partial charge in [0.15, 0.2) is 18.1 Å². The summed E-state index contributed by atoms with van der Waals surface area (Å²) < 4.78 is 55.2. The fourth-order valence-electron chi connectivity index (χ4n) is 9.99. The van der Waals surface area contributed by atoms with E-state index in [-0.39, 0.29) is 68.2 Å². The number of benzene rings is 4. The summed E-state index contributed by atoms with van der Waals surface area (Å²) in [6.07, 6.45) is 0.310. The first-order valence-corrected chi connectivity index (χ1v) is 29.9. The van der Waals surface area contributed by atoms with Crippen LogP contribution in [0.25, 0.3) is 0 Å². The summed E-state index contributed by atoms with van der Waals surface area (Å²) in [4.78, 5) is 142. The number of ketones is 1. The third-order valence-corrected chi connectivity index (χ3v) is 15.6. The predicted octanol–water partition coefficient (Wildman–Crippen LogP) is 4.83. The Morgan fingerprint density at radius 2 is 1.47 bits per heavy atom. The highest BCUT2D eigenvalue weighted by Gasteiger charge is 2.43. The van der Waals surface area contributed by atoms with Crippen molar-refractivity contribution in [2.45, 2.75) is 89.9 Å². The van der Waals surface area contributed by atoms with E-state index in [1.165, 1.54) is 70.2 Å². The van der Waals surface area contributed by atoms with Gasteiger partial charge in [0.1, 0.15) is 48.2 Å². The Hall–Kier alpha value is -9.39. The molecular formula is C66H82FN7O17. The van der Waals surface area contributed by atoms with Crippen molar-refractivity contribution in [1.82, 2.24) is 35.1 Å². The van der Waals surface area contributed by atoms with Crippen molar-refractivity contribution in [2.75, 3.05) is 101 Å². The maximum Gasteiger partial charge on any atom is 0.415 e. The van der Waals surface area contributed by atoms with Gasteiger partial charge in [0.05, 0.1) is 45.9 Å². The van der Waals surface area contributed by atoms with Gasteiger partial charge in [-0.15, -0.1) is 0 Å². The first kappa shape index (κ1) is 70.7. The molecule has 7 amide bonds. The van der Waals surface area contributed by atoms with E-state index >= 15 is 4.39 Å². The number of carbonyl (C=O) groups is 10. The van der Waals surface area contributed by atoms with E-state index < -0.39 is 109 Å². The normalized spacial score (nSPS) is 14.8. The topological polar surface area (TPSA) is 276 Å². The van der Waals surface area contributed by atoms with E-state index in [1.807, 2.05) is 0 Å². The lowest BCUT2D eigenvalue weighted by Crippen LogP contribution is -2.56. The van der Waals surface area contributed by atoms with Gasteiger partial charge < -0.3 is 68.3 Å². The molecule has 2 saturated heterocycles. The zero-order chi connectivity index (χ0) is 66.4. The second kappa shape index (κ2) is 34.0. The maximum absolute atomic E-state index is 16.0. The van der Waals surface area contributed by atoms with Gasteiger partial charge in [-0.25, -0.2) is 18.8 Å². The molecule has 91 heavy (non-hydrogen) atoms. The Morgan fingerprint density at radius 3 is 2.14 bits per heavy atom. The summed E-state index contributed by atoms with van der Waals surface area (Å²) in [6.45, 7) is 7.91. The quantitative estimate of drug-likeness (QED) is 0.0402. The number of rotatable bonds is 30. The number of nitrogens with zero attached hydrogens (tertiary/aromatic N) is 5. The van der Waals surface area contributed by atoms with E-state index in [0.29, 0.717) is 68.3 Å². The van der Waals surface area contributed by atoms with Crippen LogP contribution < -0.4 is 29.6 Å². The zero-order valence-corrected chi connectivity index (χ0v) is 52.8.